The largest absolute Gasteiger partial charge is 0.376 e. The molecular formula is C14H15N3O. The summed E-state index contributed by atoms with van der Waals surface area (Å²) >= 11 is 0. The van der Waals surface area contributed by atoms with Crippen molar-refractivity contribution in [3.8, 4) is 12.1 Å². The summed E-state index contributed by atoms with van der Waals surface area (Å²) in [5.74, 6) is 0. The highest BCUT2D eigenvalue weighted by Gasteiger charge is 2.19. The average Bonchev–Trinajstić information content (AvgIpc) is 2.90. The maximum Gasteiger partial charge on any atom is 0.103 e. The third-order valence-corrected chi connectivity index (χ3v) is 3.19. The van der Waals surface area contributed by atoms with Gasteiger partial charge in [0, 0.05) is 20.2 Å². The first-order valence-electron chi connectivity index (χ1n) is 6.02. The molecule has 0 spiro atoms. The Kier molecular flexibility index (Phi) is 3.82. The van der Waals surface area contributed by atoms with E-state index in [2.05, 4.69) is 12.1 Å². The van der Waals surface area contributed by atoms with Gasteiger partial charge in [0.1, 0.15) is 12.1 Å². The molecule has 18 heavy (non-hydrogen) atoms. The maximum absolute atomic E-state index is 9.18. The van der Waals surface area contributed by atoms with Gasteiger partial charge in [-0.25, -0.2) is 0 Å². The molecule has 0 saturated carbocycles. The zero-order valence-electron chi connectivity index (χ0n) is 10.4. The van der Waals surface area contributed by atoms with Crippen LogP contribution < -0.4 is 4.90 Å². The van der Waals surface area contributed by atoms with Crippen LogP contribution in [-0.2, 0) is 4.74 Å². The molecule has 92 valence electrons. The monoisotopic (exact) mass is 241 g/mol. The van der Waals surface area contributed by atoms with Gasteiger partial charge in [-0.2, -0.15) is 10.5 Å². The summed E-state index contributed by atoms with van der Waals surface area (Å²) in [5.41, 5.74) is 1.67. The Morgan fingerprint density at radius 2 is 2.22 bits per heavy atom. The SMILES string of the molecule is CN(C[C@@H]1CCCO1)c1cccc(C#N)c1C#N. The van der Waals surface area contributed by atoms with Crippen LogP contribution in [0.4, 0.5) is 5.69 Å². The predicted octanol–water partition coefficient (Wildman–Crippen LogP) is 2.05. The van der Waals surface area contributed by atoms with Crippen LogP contribution in [0.15, 0.2) is 18.2 Å². The number of likely N-dealkylation sites (N-methyl/N-ethyl adjacent to an activating group) is 1. The third-order valence-electron chi connectivity index (χ3n) is 3.19. The first-order valence-corrected chi connectivity index (χ1v) is 6.02. The highest BCUT2D eigenvalue weighted by molar-refractivity contribution is 5.65. The second kappa shape index (κ2) is 5.53. The smallest absolute Gasteiger partial charge is 0.103 e. The van der Waals surface area contributed by atoms with Crippen molar-refractivity contribution >= 4 is 5.69 Å². The molecule has 4 nitrogen and oxygen atoms in total. The van der Waals surface area contributed by atoms with Gasteiger partial charge in [0.25, 0.3) is 0 Å². The lowest BCUT2D eigenvalue weighted by Crippen LogP contribution is -2.29. The maximum atomic E-state index is 9.18. The number of anilines is 1. The Labute approximate surface area is 107 Å². The molecule has 0 radical (unpaired) electrons. The van der Waals surface area contributed by atoms with Crippen molar-refractivity contribution in [1.29, 1.82) is 10.5 Å². The van der Waals surface area contributed by atoms with Crippen molar-refractivity contribution in [3.63, 3.8) is 0 Å². The summed E-state index contributed by atoms with van der Waals surface area (Å²) in [6, 6.07) is 9.52. The summed E-state index contributed by atoms with van der Waals surface area (Å²) in [6.07, 6.45) is 2.39. The van der Waals surface area contributed by atoms with Crippen LogP contribution in [0.2, 0.25) is 0 Å². The molecule has 0 bridgehead atoms. The Bertz CT molecular complexity index is 507. The number of rotatable bonds is 3. The van der Waals surface area contributed by atoms with Crippen molar-refractivity contribution in [1.82, 2.24) is 0 Å². The molecule has 1 saturated heterocycles. The van der Waals surface area contributed by atoms with E-state index < -0.39 is 0 Å². The molecular weight excluding hydrogens is 226 g/mol. The minimum Gasteiger partial charge on any atom is -0.376 e. The molecule has 1 fully saturated rings. The fraction of sp³-hybridized carbons (Fsp3) is 0.429. The van der Waals surface area contributed by atoms with Gasteiger partial charge in [-0.1, -0.05) is 6.07 Å². The highest BCUT2D eigenvalue weighted by atomic mass is 16.5. The lowest BCUT2D eigenvalue weighted by molar-refractivity contribution is 0.116. The fourth-order valence-electron chi connectivity index (χ4n) is 2.26. The van der Waals surface area contributed by atoms with Crippen LogP contribution in [0, 0.1) is 22.7 Å². The molecule has 0 unspecified atom stereocenters. The number of nitriles is 2. The van der Waals surface area contributed by atoms with Gasteiger partial charge in [-0.3, -0.25) is 0 Å². The van der Waals surface area contributed by atoms with Crippen molar-refractivity contribution in [2.45, 2.75) is 18.9 Å². The van der Waals surface area contributed by atoms with Crippen molar-refractivity contribution < 1.29 is 4.74 Å². The fourth-order valence-corrected chi connectivity index (χ4v) is 2.26. The van der Waals surface area contributed by atoms with Gasteiger partial charge in [0.15, 0.2) is 0 Å². The van der Waals surface area contributed by atoms with Crippen LogP contribution in [-0.4, -0.2) is 26.3 Å². The topological polar surface area (TPSA) is 60.0 Å². The van der Waals surface area contributed by atoms with Gasteiger partial charge in [0.05, 0.1) is 22.9 Å². The molecule has 1 heterocycles. The second-order valence-corrected chi connectivity index (χ2v) is 4.44. The van der Waals surface area contributed by atoms with E-state index in [-0.39, 0.29) is 6.10 Å². The molecule has 0 amide bonds. The van der Waals surface area contributed by atoms with Crippen molar-refractivity contribution in [2.75, 3.05) is 25.1 Å². The van der Waals surface area contributed by atoms with Crippen molar-refractivity contribution in [2.24, 2.45) is 0 Å². The van der Waals surface area contributed by atoms with Crippen LogP contribution in [0.25, 0.3) is 0 Å². The average molecular weight is 241 g/mol. The van der Waals surface area contributed by atoms with Crippen LogP contribution >= 0.6 is 0 Å². The van der Waals surface area contributed by atoms with Gasteiger partial charge >= 0.3 is 0 Å². The second-order valence-electron chi connectivity index (χ2n) is 4.44. The van der Waals surface area contributed by atoms with Gasteiger partial charge in [-0.15, -0.1) is 0 Å². The minimum absolute atomic E-state index is 0.229. The molecule has 1 aliphatic rings. The molecule has 4 heteroatoms. The lowest BCUT2D eigenvalue weighted by Gasteiger charge is -2.23. The number of hydrogen-bond acceptors (Lipinski definition) is 4. The molecule has 0 aromatic heterocycles. The lowest BCUT2D eigenvalue weighted by atomic mass is 10.1. The summed E-state index contributed by atoms with van der Waals surface area (Å²) in [7, 11) is 1.93. The normalized spacial score (nSPS) is 18.1. The van der Waals surface area contributed by atoms with Gasteiger partial charge in [-0.05, 0) is 25.0 Å². The molecule has 1 aromatic carbocycles. The first kappa shape index (κ1) is 12.4. The van der Waals surface area contributed by atoms with E-state index in [1.165, 1.54) is 0 Å². The third kappa shape index (κ3) is 2.45. The quantitative estimate of drug-likeness (QED) is 0.812. The Balaban J connectivity index is 2.22. The highest BCUT2D eigenvalue weighted by Crippen LogP contribution is 2.23. The number of ether oxygens (including phenoxy) is 1. The van der Waals surface area contributed by atoms with Gasteiger partial charge < -0.3 is 9.64 Å². The Morgan fingerprint density at radius 1 is 1.39 bits per heavy atom. The minimum atomic E-state index is 0.229. The van der Waals surface area contributed by atoms with Crippen molar-refractivity contribution in [3.05, 3.63) is 29.3 Å². The first-order chi connectivity index (χ1) is 8.76. The number of benzene rings is 1. The molecule has 1 atom stereocenters. The standard InChI is InChI=1S/C14H15N3O/c1-17(10-12-5-3-7-18-12)14-6-2-4-11(8-15)13(14)9-16/h2,4,6,12H,3,5,7,10H2,1H3/t12-/m0/s1. The predicted molar refractivity (Wildman–Crippen MR) is 68.1 cm³/mol. The Morgan fingerprint density at radius 3 is 2.83 bits per heavy atom. The van der Waals surface area contributed by atoms with Crippen LogP contribution in [0.3, 0.4) is 0 Å². The van der Waals surface area contributed by atoms with Gasteiger partial charge in [0.2, 0.25) is 0 Å². The molecule has 1 aromatic rings. The zero-order valence-corrected chi connectivity index (χ0v) is 10.4. The summed E-state index contributed by atoms with van der Waals surface area (Å²) in [6.45, 7) is 1.57. The summed E-state index contributed by atoms with van der Waals surface area (Å²) in [4.78, 5) is 2.00. The number of hydrogen-bond donors (Lipinski definition) is 0. The van der Waals surface area contributed by atoms with E-state index in [0.717, 1.165) is 31.7 Å². The molecule has 1 aliphatic heterocycles. The summed E-state index contributed by atoms with van der Waals surface area (Å²) < 4.78 is 5.59. The molecule has 0 aliphatic carbocycles. The Hall–Kier alpha value is -2.04. The zero-order chi connectivity index (χ0) is 13.0. The van der Waals surface area contributed by atoms with E-state index in [1.54, 1.807) is 12.1 Å². The van der Waals surface area contributed by atoms with E-state index in [0.29, 0.717) is 11.1 Å². The van der Waals surface area contributed by atoms with E-state index in [1.807, 2.05) is 18.0 Å². The van der Waals surface area contributed by atoms with Crippen LogP contribution in [0.5, 0.6) is 0 Å². The summed E-state index contributed by atoms with van der Waals surface area (Å²) in [5, 5.41) is 18.2. The molecule has 0 N–H and O–H groups in total. The number of nitrogens with zero attached hydrogens (tertiary/aromatic N) is 3. The van der Waals surface area contributed by atoms with E-state index in [9.17, 15) is 5.26 Å². The van der Waals surface area contributed by atoms with E-state index >= 15 is 0 Å². The molecule has 2 rings (SSSR count). The van der Waals surface area contributed by atoms with E-state index in [4.69, 9.17) is 10.00 Å². The van der Waals surface area contributed by atoms with Crippen LogP contribution in [0.1, 0.15) is 24.0 Å².